The molecule has 0 saturated heterocycles. The third-order valence-corrected chi connectivity index (χ3v) is 3.55. The van der Waals surface area contributed by atoms with Gasteiger partial charge in [-0.1, -0.05) is 53.2 Å². The molecule has 0 fully saturated rings. The maximum Gasteiger partial charge on any atom is 0.172 e. The quantitative estimate of drug-likeness (QED) is 0.657. The Morgan fingerprint density at radius 1 is 1.09 bits per heavy atom. The summed E-state index contributed by atoms with van der Waals surface area (Å²) < 4.78 is 7.47. The van der Waals surface area contributed by atoms with Gasteiger partial charge in [-0.3, -0.25) is 4.79 Å². The van der Waals surface area contributed by atoms with Crippen molar-refractivity contribution in [1.82, 2.24) is 15.0 Å². The summed E-state index contributed by atoms with van der Waals surface area (Å²) in [5.74, 6) is 0.750. The first-order chi connectivity index (χ1) is 11.3. The molecule has 0 amide bonds. The van der Waals surface area contributed by atoms with Crippen LogP contribution >= 0.6 is 0 Å². The number of carbonyl (C=O) groups excluding carboxylic acids is 1. The summed E-state index contributed by atoms with van der Waals surface area (Å²) in [5.41, 5.74) is 3.24. The second-order valence-corrected chi connectivity index (χ2v) is 5.28. The van der Waals surface area contributed by atoms with E-state index in [9.17, 15) is 4.79 Å². The van der Waals surface area contributed by atoms with Crippen molar-refractivity contribution in [3.8, 4) is 5.75 Å². The van der Waals surface area contributed by atoms with Crippen LogP contribution in [0.15, 0.2) is 54.6 Å². The second-order valence-electron chi connectivity index (χ2n) is 5.28. The van der Waals surface area contributed by atoms with Crippen LogP contribution in [0.25, 0.3) is 0 Å². The van der Waals surface area contributed by atoms with Crippen LogP contribution in [0.2, 0.25) is 0 Å². The molecule has 0 aliphatic carbocycles. The molecular weight excluding hydrogens is 290 g/mol. The number of carbonyl (C=O) groups is 1. The minimum Gasteiger partial charge on any atom is -0.487 e. The number of rotatable bonds is 6. The fraction of sp³-hybridized carbons (Fsp3) is 0.167. The normalized spacial score (nSPS) is 10.5. The van der Waals surface area contributed by atoms with Gasteiger partial charge in [-0.2, -0.15) is 0 Å². The van der Waals surface area contributed by atoms with Crippen molar-refractivity contribution >= 4 is 6.29 Å². The largest absolute Gasteiger partial charge is 0.487 e. The molecule has 0 N–H and O–H groups in total. The average Bonchev–Trinajstić information content (AvgIpc) is 2.97. The number of aromatic nitrogens is 3. The number of hydrogen-bond donors (Lipinski definition) is 0. The number of benzene rings is 2. The zero-order valence-electron chi connectivity index (χ0n) is 12.8. The lowest BCUT2D eigenvalue weighted by molar-refractivity contribution is 0.111. The van der Waals surface area contributed by atoms with E-state index in [0.29, 0.717) is 24.2 Å². The highest BCUT2D eigenvalue weighted by molar-refractivity contribution is 5.73. The molecule has 0 radical (unpaired) electrons. The molecule has 0 spiro atoms. The van der Waals surface area contributed by atoms with Gasteiger partial charge >= 0.3 is 0 Å². The summed E-state index contributed by atoms with van der Waals surface area (Å²) in [5, 5.41) is 7.99. The first-order valence-corrected chi connectivity index (χ1v) is 7.37. The van der Waals surface area contributed by atoms with E-state index in [1.54, 1.807) is 4.68 Å². The molecule has 0 saturated carbocycles. The smallest absolute Gasteiger partial charge is 0.172 e. The highest BCUT2D eigenvalue weighted by Gasteiger charge is 2.13. The number of ether oxygens (including phenoxy) is 1. The fourth-order valence-electron chi connectivity index (χ4n) is 2.26. The Kier molecular flexibility index (Phi) is 4.47. The molecule has 0 atom stereocenters. The maximum absolute atomic E-state index is 11.2. The Balaban J connectivity index is 1.78. The molecular formula is C18H17N3O2. The van der Waals surface area contributed by atoms with Crippen LogP contribution in [0.4, 0.5) is 0 Å². The van der Waals surface area contributed by atoms with Gasteiger partial charge in [-0.05, 0) is 24.6 Å². The third-order valence-electron chi connectivity index (χ3n) is 3.55. The van der Waals surface area contributed by atoms with Crippen LogP contribution in [-0.2, 0) is 13.2 Å². The molecule has 23 heavy (non-hydrogen) atoms. The van der Waals surface area contributed by atoms with Crippen LogP contribution < -0.4 is 4.74 Å². The molecule has 1 heterocycles. The molecule has 0 aliphatic rings. The molecule has 3 aromatic rings. The van der Waals surface area contributed by atoms with Crippen LogP contribution in [0.3, 0.4) is 0 Å². The van der Waals surface area contributed by atoms with Gasteiger partial charge in [0.25, 0.3) is 0 Å². The van der Waals surface area contributed by atoms with E-state index >= 15 is 0 Å². The summed E-state index contributed by atoms with van der Waals surface area (Å²) in [6, 6.07) is 17.7. The molecule has 0 unspecified atom stereocenters. The van der Waals surface area contributed by atoms with Gasteiger partial charge in [0.05, 0.1) is 6.54 Å². The van der Waals surface area contributed by atoms with Crippen molar-refractivity contribution in [2.24, 2.45) is 0 Å². The Labute approximate surface area is 134 Å². The molecule has 116 valence electrons. The number of aldehydes is 1. The van der Waals surface area contributed by atoms with Gasteiger partial charge in [0.2, 0.25) is 0 Å². The lowest BCUT2D eigenvalue weighted by Gasteiger charge is -2.09. The van der Waals surface area contributed by atoms with E-state index in [4.69, 9.17) is 4.74 Å². The van der Waals surface area contributed by atoms with E-state index in [2.05, 4.69) is 10.3 Å². The third kappa shape index (κ3) is 3.63. The highest BCUT2D eigenvalue weighted by atomic mass is 16.5. The minimum absolute atomic E-state index is 0.247. The SMILES string of the molecule is Cc1ccc(OCc2c(C=O)nnn2Cc2ccccc2)cc1. The Bertz CT molecular complexity index is 780. The van der Waals surface area contributed by atoms with Gasteiger partial charge in [0.1, 0.15) is 18.1 Å². The molecule has 0 aliphatic heterocycles. The summed E-state index contributed by atoms with van der Waals surface area (Å²) in [6.07, 6.45) is 0.711. The van der Waals surface area contributed by atoms with Gasteiger partial charge in [-0.15, -0.1) is 5.10 Å². The van der Waals surface area contributed by atoms with E-state index < -0.39 is 0 Å². The van der Waals surface area contributed by atoms with E-state index in [0.717, 1.165) is 11.3 Å². The number of aryl methyl sites for hydroxylation is 1. The van der Waals surface area contributed by atoms with Crippen molar-refractivity contribution in [1.29, 1.82) is 0 Å². The summed E-state index contributed by atoms with van der Waals surface area (Å²) in [6.45, 7) is 2.82. The maximum atomic E-state index is 11.2. The molecule has 1 aromatic heterocycles. The van der Waals surface area contributed by atoms with Gasteiger partial charge in [0.15, 0.2) is 12.0 Å². The predicted octanol–water partition coefficient (Wildman–Crippen LogP) is 3.03. The zero-order chi connectivity index (χ0) is 16.1. The van der Waals surface area contributed by atoms with Crippen molar-refractivity contribution < 1.29 is 9.53 Å². The van der Waals surface area contributed by atoms with E-state index in [1.165, 1.54) is 5.56 Å². The van der Waals surface area contributed by atoms with Gasteiger partial charge in [0, 0.05) is 0 Å². The minimum atomic E-state index is 0.247. The zero-order valence-corrected chi connectivity index (χ0v) is 12.8. The lowest BCUT2D eigenvalue weighted by Crippen LogP contribution is -2.10. The van der Waals surface area contributed by atoms with Crippen LogP contribution in [0.1, 0.15) is 27.3 Å². The van der Waals surface area contributed by atoms with Crippen LogP contribution in [0, 0.1) is 6.92 Å². The van der Waals surface area contributed by atoms with E-state index in [-0.39, 0.29) is 6.61 Å². The van der Waals surface area contributed by atoms with Gasteiger partial charge < -0.3 is 4.74 Å². The summed E-state index contributed by atoms with van der Waals surface area (Å²) in [7, 11) is 0. The Hall–Kier alpha value is -2.95. The lowest BCUT2D eigenvalue weighted by atomic mass is 10.2. The van der Waals surface area contributed by atoms with E-state index in [1.807, 2.05) is 61.5 Å². The Morgan fingerprint density at radius 3 is 2.52 bits per heavy atom. The van der Waals surface area contributed by atoms with Crippen molar-refractivity contribution in [3.63, 3.8) is 0 Å². The highest BCUT2D eigenvalue weighted by Crippen LogP contribution is 2.15. The monoisotopic (exact) mass is 307 g/mol. The molecule has 5 nitrogen and oxygen atoms in total. The molecule has 5 heteroatoms. The predicted molar refractivity (Wildman–Crippen MR) is 86.5 cm³/mol. The van der Waals surface area contributed by atoms with Gasteiger partial charge in [-0.25, -0.2) is 4.68 Å². The molecule has 0 bridgehead atoms. The number of hydrogen-bond acceptors (Lipinski definition) is 4. The molecule has 2 aromatic carbocycles. The first-order valence-electron chi connectivity index (χ1n) is 7.37. The second kappa shape index (κ2) is 6.87. The molecule has 3 rings (SSSR count). The van der Waals surface area contributed by atoms with Crippen LogP contribution in [-0.4, -0.2) is 21.3 Å². The summed E-state index contributed by atoms with van der Waals surface area (Å²) in [4.78, 5) is 11.2. The average molecular weight is 307 g/mol. The van der Waals surface area contributed by atoms with Crippen molar-refractivity contribution in [3.05, 3.63) is 77.1 Å². The fourth-order valence-corrected chi connectivity index (χ4v) is 2.26. The summed E-state index contributed by atoms with van der Waals surface area (Å²) >= 11 is 0. The Morgan fingerprint density at radius 2 is 1.83 bits per heavy atom. The van der Waals surface area contributed by atoms with Crippen LogP contribution in [0.5, 0.6) is 5.75 Å². The van der Waals surface area contributed by atoms with Crippen molar-refractivity contribution in [2.75, 3.05) is 0 Å². The topological polar surface area (TPSA) is 57.0 Å². The first kappa shape index (κ1) is 15.0. The standard InChI is InChI=1S/C18H17N3O2/c1-14-7-9-16(10-8-14)23-13-18-17(12-22)19-20-21(18)11-15-5-3-2-4-6-15/h2-10,12H,11,13H2,1H3. The number of nitrogens with zero attached hydrogens (tertiary/aromatic N) is 3. The van der Waals surface area contributed by atoms with Crippen molar-refractivity contribution in [2.45, 2.75) is 20.1 Å².